The van der Waals surface area contributed by atoms with E-state index < -0.39 is 0 Å². The zero-order valence-corrected chi connectivity index (χ0v) is 9.48. The van der Waals surface area contributed by atoms with E-state index in [0.717, 1.165) is 37.2 Å². The SMILES string of the molecule is NC1(C2(c3ccc4ncoc4c3)COC2)CC1. The Bertz CT molecular complexity index is 582. The third-order valence-electron chi connectivity index (χ3n) is 4.32. The van der Waals surface area contributed by atoms with Gasteiger partial charge in [0, 0.05) is 5.54 Å². The van der Waals surface area contributed by atoms with Crippen molar-refractivity contribution in [3.8, 4) is 0 Å². The number of rotatable bonds is 2. The molecule has 1 aromatic heterocycles. The molecular weight excluding hydrogens is 216 g/mol. The summed E-state index contributed by atoms with van der Waals surface area (Å²) in [5, 5.41) is 0. The van der Waals surface area contributed by atoms with Crippen LogP contribution in [0.25, 0.3) is 11.1 Å². The molecule has 88 valence electrons. The van der Waals surface area contributed by atoms with Crippen LogP contribution in [0.4, 0.5) is 0 Å². The Balaban J connectivity index is 1.86. The van der Waals surface area contributed by atoms with Crippen LogP contribution in [0.3, 0.4) is 0 Å². The first-order chi connectivity index (χ1) is 8.24. The number of benzene rings is 1. The third-order valence-corrected chi connectivity index (χ3v) is 4.32. The van der Waals surface area contributed by atoms with Crippen molar-refractivity contribution in [1.29, 1.82) is 0 Å². The Kier molecular flexibility index (Phi) is 1.63. The van der Waals surface area contributed by atoms with Crippen molar-refractivity contribution in [2.75, 3.05) is 13.2 Å². The molecule has 2 heterocycles. The molecular formula is C13H14N2O2. The molecule has 1 saturated heterocycles. The maximum Gasteiger partial charge on any atom is 0.181 e. The van der Waals surface area contributed by atoms with Gasteiger partial charge in [0.25, 0.3) is 0 Å². The van der Waals surface area contributed by atoms with Crippen LogP contribution in [0.5, 0.6) is 0 Å². The second-order valence-corrected chi connectivity index (χ2v) is 5.27. The summed E-state index contributed by atoms with van der Waals surface area (Å²) in [5.41, 5.74) is 9.29. The highest BCUT2D eigenvalue weighted by molar-refractivity contribution is 5.73. The Morgan fingerprint density at radius 2 is 2.06 bits per heavy atom. The van der Waals surface area contributed by atoms with Crippen LogP contribution >= 0.6 is 0 Å². The van der Waals surface area contributed by atoms with Crippen molar-refractivity contribution in [1.82, 2.24) is 4.98 Å². The van der Waals surface area contributed by atoms with Gasteiger partial charge in [-0.3, -0.25) is 0 Å². The highest BCUT2D eigenvalue weighted by Crippen LogP contribution is 2.53. The molecule has 0 amide bonds. The fraction of sp³-hybridized carbons (Fsp3) is 0.462. The fourth-order valence-corrected chi connectivity index (χ4v) is 2.81. The van der Waals surface area contributed by atoms with Crippen LogP contribution in [0.2, 0.25) is 0 Å². The summed E-state index contributed by atoms with van der Waals surface area (Å²) < 4.78 is 10.8. The molecule has 0 spiro atoms. The van der Waals surface area contributed by atoms with Gasteiger partial charge < -0.3 is 14.9 Å². The molecule has 4 rings (SSSR count). The quantitative estimate of drug-likeness (QED) is 0.851. The number of nitrogens with zero attached hydrogens (tertiary/aromatic N) is 1. The smallest absolute Gasteiger partial charge is 0.181 e. The monoisotopic (exact) mass is 230 g/mol. The fourth-order valence-electron chi connectivity index (χ4n) is 2.81. The standard InChI is InChI=1S/C13H14N2O2/c14-13(3-4-13)12(6-16-7-12)9-1-2-10-11(5-9)17-8-15-10/h1-2,5,8H,3-4,6-7,14H2. The first-order valence-corrected chi connectivity index (χ1v) is 5.94. The molecule has 1 aliphatic heterocycles. The predicted octanol–water partition coefficient (Wildman–Crippen LogP) is 1.59. The van der Waals surface area contributed by atoms with E-state index in [2.05, 4.69) is 17.1 Å². The first-order valence-electron chi connectivity index (χ1n) is 5.94. The first kappa shape index (κ1) is 9.62. The van der Waals surface area contributed by atoms with E-state index >= 15 is 0 Å². The largest absolute Gasteiger partial charge is 0.443 e. The molecule has 2 aromatic rings. The summed E-state index contributed by atoms with van der Waals surface area (Å²) in [6.07, 6.45) is 3.66. The number of hydrogen-bond acceptors (Lipinski definition) is 4. The minimum absolute atomic E-state index is 0.00597. The summed E-state index contributed by atoms with van der Waals surface area (Å²) in [5.74, 6) is 0. The van der Waals surface area contributed by atoms with Gasteiger partial charge in [0.2, 0.25) is 0 Å². The number of fused-ring (bicyclic) bond motifs is 1. The maximum atomic E-state index is 6.41. The Morgan fingerprint density at radius 1 is 1.24 bits per heavy atom. The van der Waals surface area contributed by atoms with Gasteiger partial charge in [-0.15, -0.1) is 0 Å². The van der Waals surface area contributed by atoms with Gasteiger partial charge in [-0.05, 0) is 30.5 Å². The normalized spacial score (nSPS) is 24.5. The highest BCUT2D eigenvalue weighted by Gasteiger charge is 2.61. The van der Waals surface area contributed by atoms with Crippen molar-refractivity contribution in [3.63, 3.8) is 0 Å². The minimum Gasteiger partial charge on any atom is -0.443 e. The van der Waals surface area contributed by atoms with E-state index in [4.69, 9.17) is 14.9 Å². The zero-order chi connectivity index (χ0) is 11.5. The Hall–Kier alpha value is -1.39. The van der Waals surface area contributed by atoms with Crippen LogP contribution in [0.15, 0.2) is 29.0 Å². The van der Waals surface area contributed by atoms with Gasteiger partial charge in [0.1, 0.15) is 5.52 Å². The van der Waals surface area contributed by atoms with Crippen LogP contribution < -0.4 is 5.73 Å². The van der Waals surface area contributed by atoms with E-state index in [0.29, 0.717) is 0 Å². The van der Waals surface area contributed by atoms with Gasteiger partial charge >= 0.3 is 0 Å². The molecule has 4 nitrogen and oxygen atoms in total. The van der Waals surface area contributed by atoms with E-state index in [1.54, 1.807) is 0 Å². The topological polar surface area (TPSA) is 61.3 Å². The molecule has 0 bridgehead atoms. The number of ether oxygens (including phenoxy) is 1. The Morgan fingerprint density at radius 3 is 2.71 bits per heavy atom. The lowest BCUT2D eigenvalue weighted by Gasteiger charge is -2.46. The average molecular weight is 230 g/mol. The predicted molar refractivity (Wildman–Crippen MR) is 62.7 cm³/mol. The molecule has 0 atom stereocenters. The minimum atomic E-state index is -0.0705. The van der Waals surface area contributed by atoms with Gasteiger partial charge in [-0.1, -0.05) is 6.07 Å². The lowest BCUT2D eigenvalue weighted by molar-refractivity contribution is -0.0785. The summed E-state index contributed by atoms with van der Waals surface area (Å²) in [7, 11) is 0. The van der Waals surface area contributed by atoms with Crippen molar-refractivity contribution in [2.24, 2.45) is 5.73 Å². The molecule has 0 unspecified atom stereocenters. The summed E-state index contributed by atoms with van der Waals surface area (Å²) >= 11 is 0. The van der Waals surface area contributed by atoms with Crippen molar-refractivity contribution in [2.45, 2.75) is 23.8 Å². The van der Waals surface area contributed by atoms with Gasteiger partial charge in [-0.25, -0.2) is 4.98 Å². The summed E-state index contributed by atoms with van der Waals surface area (Å²) in [4.78, 5) is 4.13. The average Bonchev–Trinajstić information content (AvgIpc) is 2.84. The second kappa shape index (κ2) is 2.89. The van der Waals surface area contributed by atoms with Crippen molar-refractivity contribution < 1.29 is 9.15 Å². The van der Waals surface area contributed by atoms with E-state index in [1.807, 2.05) is 6.07 Å². The van der Waals surface area contributed by atoms with Crippen LogP contribution in [0.1, 0.15) is 18.4 Å². The summed E-state index contributed by atoms with van der Waals surface area (Å²) in [6.45, 7) is 1.45. The van der Waals surface area contributed by atoms with E-state index in [-0.39, 0.29) is 11.0 Å². The number of aromatic nitrogens is 1. The van der Waals surface area contributed by atoms with E-state index in [1.165, 1.54) is 12.0 Å². The lowest BCUT2D eigenvalue weighted by Crippen LogP contribution is -2.60. The molecule has 4 heteroatoms. The number of hydrogen-bond donors (Lipinski definition) is 1. The molecule has 17 heavy (non-hydrogen) atoms. The van der Waals surface area contributed by atoms with Crippen LogP contribution in [0, 0.1) is 0 Å². The second-order valence-electron chi connectivity index (χ2n) is 5.27. The number of oxazole rings is 1. The lowest BCUT2D eigenvalue weighted by atomic mass is 9.70. The van der Waals surface area contributed by atoms with Crippen LogP contribution in [-0.4, -0.2) is 23.7 Å². The molecule has 1 aromatic carbocycles. The van der Waals surface area contributed by atoms with Gasteiger partial charge in [0.05, 0.1) is 18.6 Å². The third kappa shape index (κ3) is 1.12. The molecule has 1 aliphatic carbocycles. The number of nitrogens with two attached hydrogens (primary N) is 1. The molecule has 1 saturated carbocycles. The van der Waals surface area contributed by atoms with Crippen molar-refractivity contribution >= 4 is 11.1 Å². The summed E-state index contributed by atoms with van der Waals surface area (Å²) in [6, 6.07) is 6.18. The molecule has 2 N–H and O–H groups in total. The molecule has 2 aliphatic rings. The van der Waals surface area contributed by atoms with Gasteiger partial charge in [0.15, 0.2) is 12.0 Å². The van der Waals surface area contributed by atoms with Crippen LogP contribution in [-0.2, 0) is 10.2 Å². The zero-order valence-electron chi connectivity index (χ0n) is 9.48. The molecule has 0 radical (unpaired) electrons. The Labute approximate surface area is 98.8 Å². The molecule has 2 fully saturated rings. The maximum absolute atomic E-state index is 6.41. The van der Waals surface area contributed by atoms with Gasteiger partial charge in [-0.2, -0.15) is 0 Å². The highest BCUT2D eigenvalue weighted by atomic mass is 16.5. The van der Waals surface area contributed by atoms with E-state index in [9.17, 15) is 0 Å². The van der Waals surface area contributed by atoms with Crippen molar-refractivity contribution in [3.05, 3.63) is 30.2 Å².